The van der Waals surface area contributed by atoms with Crippen molar-refractivity contribution in [2.45, 2.75) is 32.7 Å². The minimum absolute atomic E-state index is 0. The van der Waals surface area contributed by atoms with E-state index in [2.05, 4.69) is 20.9 Å². The topological polar surface area (TPSA) is 81.1 Å². The van der Waals surface area contributed by atoms with Crippen LogP contribution in [0.15, 0.2) is 18.2 Å². The molecule has 2 aromatic rings. The first-order valence-electron chi connectivity index (χ1n) is 8.46. The second-order valence-corrected chi connectivity index (χ2v) is 5.98. The van der Waals surface area contributed by atoms with Crippen molar-refractivity contribution in [3.63, 3.8) is 0 Å². The van der Waals surface area contributed by atoms with Gasteiger partial charge in [-0.25, -0.2) is 9.07 Å². The van der Waals surface area contributed by atoms with E-state index in [4.69, 9.17) is 4.74 Å². The van der Waals surface area contributed by atoms with Gasteiger partial charge in [0.1, 0.15) is 11.6 Å². The lowest BCUT2D eigenvalue weighted by molar-refractivity contribution is 0.102. The van der Waals surface area contributed by atoms with Gasteiger partial charge in [-0.2, -0.15) is 0 Å². The van der Waals surface area contributed by atoms with E-state index in [0.29, 0.717) is 18.0 Å². The fraction of sp³-hybridized carbons (Fsp3) is 0.471. The van der Waals surface area contributed by atoms with Crippen LogP contribution in [0.25, 0.3) is 0 Å². The van der Waals surface area contributed by atoms with Crippen LogP contribution in [0.4, 0.5) is 10.1 Å². The van der Waals surface area contributed by atoms with E-state index in [0.717, 1.165) is 31.6 Å². The molecule has 0 saturated carbocycles. The van der Waals surface area contributed by atoms with E-state index in [1.807, 2.05) is 11.6 Å². The summed E-state index contributed by atoms with van der Waals surface area (Å²) in [6.07, 6.45) is 1.91. The Hall–Kier alpha value is -2.19. The zero-order valence-corrected chi connectivity index (χ0v) is 15.6. The minimum atomic E-state index is -0.422. The van der Waals surface area contributed by atoms with Gasteiger partial charge in [0.05, 0.1) is 24.0 Å². The summed E-state index contributed by atoms with van der Waals surface area (Å²) < 4.78 is 20.6. The van der Waals surface area contributed by atoms with Crippen molar-refractivity contribution in [1.29, 1.82) is 0 Å². The number of piperidine rings is 1. The fourth-order valence-corrected chi connectivity index (χ4v) is 3.00. The summed E-state index contributed by atoms with van der Waals surface area (Å²) in [7, 11) is 0. The second-order valence-electron chi connectivity index (χ2n) is 5.98. The third kappa shape index (κ3) is 4.31. The van der Waals surface area contributed by atoms with E-state index in [-0.39, 0.29) is 30.0 Å². The Morgan fingerprint density at radius 1 is 1.42 bits per heavy atom. The molecule has 0 radical (unpaired) electrons. The van der Waals surface area contributed by atoms with Crippen molar-refractivity contribution in [2.24, 2.45) is 0 Å². The number of benzene rings is 1. The number of nitrogens with one attached hydrogen (secondary N) is 2. The third-order valence-electron chi connectivity index (χ3n) is 4.29. The molecule has 1 amide bonds. The van der Waals surface area contributed by atoms with Crippen LogP contribution in [0.3, 0.4) is 0 Å². The molecule has 0 aliphatic carbocycles. The number of carbonyl (C=O) groups excluding carboxylic acids is 1. The summed E-state index contributed by atoms with van der Waals surface area (Å²) in [4.78, 5) is 12.6. The lowest BCUT2D eigenvalue weighted by atomic mass is 10.1. The van der Waals surface area contributed by atoms with Crippen molar-refractivity contribution in [3.05, 3.63) is 35.4 Å². The van der Waals surface area contributed by atoms with E-state index in [1.54, 1.807) is 6.92 Å². The van der Waals surface area contributed by atoms with Gasteiger partial charge in [-0.1, -0.05) is 5.21 Å². The standard InChI is InChI=1S/C17H22FN5O2.ClH/c1-3-25-15-10-12(18)4-5-14(15)20-17(24)16-11(2)23(22-21-16)13-6-8-19-9-7-13;/h4-5,10,13,19H,3,6-9H2,1-2H3,(H,20,24);1H. The van der Waals surface area contributed by atoms with Crippen LogP contribution >= 0.6 is 12.4 Å². The van der Waals surface area contributed by atoms with Gasteiger partial charge in [0.25, 0.3) is 5.91 Å². The van der Waals surface area contributed by atoms with E-state index in [1.165, 1.54) is 18.2 Å². The highest BCUT2D eigenvalue weighted by atomic mass is 35.5. The molecule has 1 aromatic heterocycles. The smallest absolute Gasteiger partial charge is 0.278 e. The molecule has 9 heteroatoms. The molecule has 0 spiro atoms. The minimum Gasteiger partial charge on any atom is -0.492 e. The molecular weight excluding hydrogens is 361 g/mol. The Morgan fingerprint density at radius 2 is 2.15 bits per heavy atom. The second kappa shape index (κ2) is 8.95. The number of aromatic nitrogens is 3. The van der Waals surface area contributed by atoms with Gasteiger partial charge in [0.2, 0.25) is 0 Å². The van der Waals surface area contributed by atoms with Crippen molar-refractivity contribution < 1.29 is 13.9 Å². The molecule has 7 nitrogen and oxygen atoms in total. The lowest BCUT2D eigenvalue weighted by Gasteiger charge is -2.23. The highest BCUT2D eigenvalue weighted by molar-refractivity contribution is 6.04. The van der Waals surface area contributed by atoms with E-state index < -0.39 is 5.82 Å². The Labute approximate surface area is 157 Å². The number of ether oxygens (including phenoxy) is 1. The summed E-state index contributed by atoms with van der Waals surface area (Å²) in [5.74, 6) is -0.515. The average molecular weight is 384 g/mol. The van der Waals surface area contributed by atoms with E-state index in [9.17, 15) is 9.18 Å². The lowest BCUT2D eigenvalue weighted by Crippen LogP contribution is -2.30. The molecule has 3 rings (SSSR count). The third-order valence-corrected chi connectivity index (χ3v) is 4.29. The number of hydrogen-bond acceptors (Lipinski definition) is 5. The molecule has 1 saturated heterocycles. The Kier molecular flexibility index (Phi) is 6.93. The number of rotatable bonds is 5. The molecule has 0 atom stereocenters. The van der Waals surface area contributed by atoms with Crippen LogP contribution in [0.5, 0.6) is 5.75 Å². The van der Waals surface area contributed by atoms with Crippen LogP contribution in [0, 0.1) is 12.7 Å². The van der Waals surface area contributed by atoms with Gasteiger partial charge >= 0.3 is 0 Å². The molecule has 2 heterocycles. The van der Waals surface area contributed by atoms with Gasteiger partial charge in [-0.05, 0) is 51.9 Å². The van der Waals surface area contributed by atoms with Gasteiger partial charge in [0, 0.05) is 6.07 Å². The maximum atomic E-state index is 13.4. The molecule has 0 bridgehead atoms. The van der Waals surface area contributed by atoms with Crippen LogP contribution < -0.4 is 15.4 Å². The quantitative estimate of drug-likeness (QED) is 0.829. The van der Waals surface area contributed by atoms with Gasteiger partial charge in [-0.15, -0.1) is 17.5 Å². The molecular formula is C17H23ClFN5O2. The molecule has 1 aliphatic rings. The molecule has 1 aromatic carbocycles. The van der Waals surface area contributed by atoms with Gasteiger partial charge in [-0.3, -0.25) is 4.79 Å². The summed E-state index contributed by atoms with van der Waals surface area (Å²) >= 11 is 0. The first-order valence-corrected chi connectivity index (χ1v) is 8.46. The Morgan fingerprint density at radius 3 is 2.85 bits per heavy atom. The molecule has 26 heavy (non-hydrogen) atoms. The van der Waals surface area contributed by atoms with E-state index >= 15 is 0 Å². The number of nitrogens with zero attached hydrogens (tertiary/aromatic N) is 3. The largest absolute Gasteiger partial charge is 0.492 e. The van der Waals surface area contributed by atoms with Crippen molar-refractivity contribution in [3.8, 4) is 5.75 Å². The maximum Gasteiger partial charge on any atom is 0.278 e. The Bertz CT molecular complexity index is 762. The molecule has 0 unspecified atom stereocenters. The maximum absolute atomic E-state index is 13.4. The molecule has 1 fully saturated rings. The summed E-state index contributed by atoms with van der Waals surface area (Å²) in [5, 5.41) is 14.2. The van der Waals surface area contributed by atoms with Crippen molar-refractivity contribution in [2.75, 3.05) is 25.0 Å². The summed E-state index contributed by atoms with van der Waals surface area (Å²) in [6, 6.07) is 4.25. The SMILES string of the molecule is CCOc1cc(F)ccc1NC(=O)c1nnn(C2CCNCC2)c1C.Cl. The predicted octanol–water partition coefficient (Wildman–Crippen LogP) is 2.72. The number of amides is 1. The molecule has 1 aliphatic heterocycles. The number of anilines is 1. The first-order chi connectivity index (χ1) is 12.1. The highest BCUT2D eigenvalue weighted by Crippen LogP contribution is 2.26. The van der Waals surface area contributed by atoms with Gasteiger partial charge in [0.15, 0.2) is 5.69 Å². The van der Waals surface area contributed by atoms with Crippen LogP contribution in [0.2, 0.25) is 0 Å². The zero-order valence-electron chi connectivity index (χ0n) is 14.8. The number of halogens is 2. The average Bonchev–Trinajstić information content (AvgIpc) is 3.00. The van der Waals surface area contributed by atoms with Crippen molar-refractivity contribution >= 4 is 24.0 Å². The zero-order chi connectivity index (χ0) is 17.8. The van der Waals surface area contributed by atoms with Crippen LogP contribution in [-0.2, 0) is 0 Å². The first kappa shape index (κ1) is 20.1. The predicted molar refractivity (Wildman–Crippen MR) is 98.7 cm³/mol. The van der Waals surface area contributed by atoms with Crippen molar-refractivity contribution in [1.82, 2.24) is 20.3 Å². The fourth-order valence-electron chi connectivity index (χ4n) is 3.00. The highest BCUT2D eigenvalue weighted by Gasteiger charge is 2.23. The normalized spacial score (nSPS) is 14.6. The molecule has 2 N–H and O–H groups in total. The summed E-state index contributed by atoms with van der Waals surface area (Å²) in [5.41, 5.74) is 1.40. The number of carbonyl (C=O) groups is 1. The van der Waals surface area contributed by atoms with Crippen LogP contribution in [0.1, 0.15) is 42.0 Å². The Balaban J connectivity index is 0.00000243. The summed E-state index contributed by atoms with van der Waals surface area (Å²) in [6.45, 7) is 5.87. The van der Waals surface area contributed by atoms with Crippen LogP contribution in [-0.4, -0.2) is 40.6 Å². The number of hydrogen-bond donors (Lipinski definition) is 2. The monoisotopic (exact) mass is 383 g/mol. The molecule has 142 valence electrons. The van der Waals surface area contributed by atoms with Gasteiger partial charge < -0.3 is 15.4 Å².